The number of rotatable bonds is 5. The predicted octanol–water partition coefficient (Wildman–Crippen LogP) is 3.08. The number of aromatic nitrogens is 2. The molecule has 0 aliphatic carbocycles. The summed E-state index contributed by atoms with van der Waals surface area (Å²) in [6.45, 7) is 8.78. The van der Waals surface area contributed by atoms with Crippen LogP contribution in [-0.2, 0) is 13.1 Å². The van der Waals surface area contributed by atoms with Crippen molar-refractivity contribution in [3.63, 3.8) is 0 Å². The third-order valence-corrected chi connectivity index (χ3v) is 6.16. The summed E-state index contributed by atoms with van der Waals surface area (Å²) in [5.74, 6) is 3.54. The minimum atomic E-state index is 0.287. The van der Waals surface area contributed by atoms with E-state index in [0.717, 1.165) is 61.4 Å². The summed E-state index contributed by atoms with van der Waals surface area (Å²) in [5.41, 5.74) is 2.97. The van der Waals surface area contributed by atoms with Gasteiger partial charge in [-0.15, -0.1) is 0 Å². The molecule has 0 radical (unpaired) electrons. The second-order valence-electron chi connectivity index (χ2n) is 8.72. The van der Waals surface area contributed by atoms with Gasteiger partial charge in [0.25, 0.3) is 0 Å². The van der Waals surface area contributed by atoms with Crippen molar-refractivity contribution in [2.45, 2.75) is 26.9 Å². The van der Waals surface area contributed by atoms with Gasteiger partial charge >= 0.3 is 0 Å². The van der Waals surface area contributed by atoms with Crippen LogP contribution in [0.3, 0.4) is 0 Å². The molecule has 5 rings (SSSR count). The molecule has 2 aromatic heterocycles. The number of aliphatic imine (C=N–C) groups is 1. The highest BCUT2D eigenvalue weighted by Gasteiger charge is 2.22. The molecule has 188 valence electrons. The molecular weight excluding hydrogens is 478 g/mol. The van der Waals surface area contributed by atoms with Gasteiger partial charge in [-0.2, -0.15) is 4.99 Å². The molecular formula is C25H29N7O3S. The summed E-state index contributed by atoms with van der Waals surface area (Å²) in [7, 11) is 0. The van der Waals surface area contributed by atoms with Gasteiger partial charge < -0.3 is 24.1 Å². The minimum absolute atomic E-state index is 0.287. The number of hydrogen-bond donors (Lipinski definition) is 2. The van der Waals surface area contributed by atoms with E-state index in [0.29, 0.717) is 23.6 Å². The molecule has 0 amide bonds. The van der Waals surface area contributed by atoms with Gasteiger partial charge in [-0.3, -0.25) is 10.2 Å². The Morgan fingerprint density at radius 3 is 2.56 bits per heavy atom. The molecule has 1 fully saturated rings. The van der Waals surface area contributed by atoms with Crippen molar-refractivity contribution < 1.29 is 13.9 Å². The van der Waals surface area contributed by atoms with Gasteiger partial charge in [0, 0.05) is 44.1 Å². The largest absolute Gasteiger partial charge is 0.467 e. The lowest BCUT2D eigenvalue weighted by Gasteiger charge is -2.36. The molecule has 0 spiro atoms. The maximum absolute atomic E-state index is 5.52. The van der Waals surface area contributed by atoms with E-state index in [4.69, 9.17) is 26.1 Å². The van der Waals surface area contributed by atoms with Gasteiger partial charge in [0.1, 0.15) is 5.76 Å². The van der Waals surface area contributed by atoms with E-state index >= 15 is 0 Å². The van der Waals surface area contributed by atoms with Crippen LogP contribution in [-0.4, -0.2) is 63.8 Å². The number of piperazine rings is 1. The molecule has 0 bridgehead atoms. The number of ether oxygens (including phenoxy) is 2. The number of benzene rings is 1. The van der Waals surface area contributed by atoms with Crippen LogP contribution in [0.5, 0.6) is 11.5 Å². The highest BCUT2D eigenvalue weighted by molar-refractivity contribution is 7.80. The SMILES string of the molecule is Cc1cc(C)nc(N/C(=N/C(=S)NCc2ccco2)N2CCN(Cc3ccc4c(c3)OCO4)CC2)n1. The Balaban J connectivity index is 1.25. The summed E-state index contributed by atoms with van der Waals surface area (Å²) in [4.78, 5) is 18.3. The zero-order chi connectivity index (χ0) is 24.9. The Morgan fingerprint density at radius 2 is 1.81 bits per heavy atom. The van der Waals surface area contributed by atoms with Crippen molar-refractivity contribution in [3.8, 4) is 11.5 Å². The van der Waals surface area contributed by atoms with Crippen LogP contribution in [0.25, 0.3) is 0 Å². The first-order valence-corrected chi connectivity index (χ1v) is 12.3. The number of thiocarbonyl (C=S) groups is 1. The second-order valence-corrected chi connectivity index (χ2v) is 9.11. The van der Waals surface area contributed by atoms with Crippen LogP contribution in [0.1, 0.15) is 22.7 Å². The van der Waals surface area contributed by atoms with Crippen molar-refractivity contribution in [1.29, 1.82) is 0 Å². The Labute approximate surface area is 215 Å². The highest BCUT2D eigenvalue weighted by Crippen LogP contribution is 2.32. The fourth-order valence-corrected chi connectivity index (χ4v) is 4.35. The lowest BCUT2D eigenvalue weighted by atomic mass is 10.1. The van der Waals surface area contributed by atoms with Gasteiger partial charge in [0.05, 0.1) is 12.8 Å². The van der Waals surface area contributed by atoms with Crippen LogP contribution in [0.4, 0.5) is 5.95 Å². The lowest BCUT2D eigenvalue weighted by molar-refractivity contribution is 0.172. The Morgan fingerprint density at radius 1 is 1.03 bits per heavy atom. The summed E-state index contributed by atoms with van der Waals surface area (Å²) in [5, 5.41) is 6.80. The number of fused-ring (bicyclic) bond motifs is 1. The number of nitrogens with zero attached hydrogens (tertiary/aromatic N) is 5. The number of guanidine groups is 1. The van der Waals surface area contributed by atoms with Gasteiger partial charge in [0.15, 0.2) is 16.6 Å². The molecule has 36 heavy (non-hydrogen) atoms. The molecule has 2 aliphatic heterocycles. The van der Waals surface area contributed by atoms with E-state index in [-0.39, 0.29) is 6.79 Å². The average Bonchev–Trinajstić information content (AvgIpc) is 3.54. The lowest BCUT2D eigenvalue weighted by Crippen LogP contribution is -2.50. The monoisotopic (exact) mass is 507 g/mol. The zero-order valence-corrected chi connectivity index (χ0v) is 21.2. The molecule has 4 heterocycles. The molecule has 0 saturated carbocycles. The highest BCUT2D eigenvalue weighted by atomic mass is 32.1. The molecule has 2 N–H and O–H groups in total. The van der Waals surface area contributed by atoms with Crippen molar-refractivity contribution >= 4 is 29.2 Å². The van der Waals surface area contributed by atoms with Crippen LogP contribution in [0, 0.1) is 13.8 Å². The van der Waals surface area contributed by atoms with Gasteiger partial charge in [0.2, 0.25) is 18.7 Å². The first kappa shape index (κ1) is 24.0. The van der Waals surface area contributed by atoms with Crippen molar-refractivity contribution in [3.05, 3.63) is 65.4 Å². The van der Waals surface area contributed by atoms with E-state index in [1.54, 1.807) is 6.26 Å². The first-order chi connectivity index (χ1) is 17.5. The fraction of sp³-hybridized carbons (Fsp3) is 0.360. The molecule has 0 atom stereocenters. The number of furan rings is 1. The predicted molar refractivity (Wildman–Crippen MR) is 140 cm³/mol. The fourth-order valence-electron chi connectivity index (χ4n) is 4.19. The molecule has 1 aromatic carbocycles. The molecule has 10 nitrogen and oxygen atoms in total. The average molecular weight is 508 g/mol. The number of anilines is 1. The molecule has 11 heteroatoms. The Bertz CT molecular complexity index is 1220. The third-order valence-electron chi connectivity index (χ3n) is 5.92. The molecule has 2 aliphatic rings. The Kier molecular flexibility index (Phi) is 7.28. The summed E-state index contributed by atoms with van der Waals surface area (Å²) < 4.78 is 16.3. The van der Waals surface area contributed by atoms with Crippen molar-refractivity contribution in [2.75, 3.05) is 38.3 Å². The maximum atomic E-state index is 5.52. The quantitative estimate of drug-likeness (QED) is 0.304. The standard InChI is InChI=1S/C25H29N7O3S/c1-17-12-18(2)28-23(27-17)29-24(30-25(36)26-14-20-4-3-11-33-20)32-9-7-31(8-10-32)15-19-5-6-21-22(13-19)35-16-34-21/h3-6,11-13H,7-10,14-16H2,1-2H3,(H2,26,27,28,29,30,36). The van der Waals surface area contributed by atoms with Gasteiger partial charge in [-0.1, -0.05) is 6.07 Å². The smallest absolute Gasteiger partial charge is 0.231 e. The van der Waals surface area contributed by atoms with Crippen LogP contribution in [0.15, 0.2) is 52.1 Å². The van der Waals surface area contributed by atoms with Crippen molar-refractivity contribution in [1.82, 2.24) is 25.1 Å². The minimum Gasteiger partial charge on any atom is -0.467 e. The number of nitrogens with one attached hydrogen (secondary N) is 2. The van der Waals surface area contributed by atoms with E-state index in [2.05, 4.69) is 47.5 Å². The normalized spacial score (nSPS) is 15.7. The summed E-state index contributed by atoms with van der Waals surface area (Å²) in [6, 6.07) is 11.8. The van der Waals surface area contributed by atoms with Gasteiger partial charge in [-0.25, -0.2) is 9.97 Å². The van der Waals surface area contributed by atoms with Crippen LogP contribution >= 0.6 is 12.2 Å². The van der Waals surface area contributed by atoms with Crippen molar-refractivity contribution in [2.24, 2.45) is 4.99 Å². The molecule has 1 saturated heterocycles. The molecule has 3 aromatic rings. The van der Waals surface area contributed by atoms with E-state index in [1.165, 1.54) is 5.56 Å². The maximum Gasteiger partial charge on any atom is 0.231 e. The summed E-state index contributed by atoms with van der Waals surface area (Å²) >= 11 is 5.51. The molecule has 0 unspecified atom stereocenters. The Hall–Kier alpha value is -3.70. The zero-order valence-electron chi connectivity index (χ0n) is 20.4. The van der Waals surface area contributed by atoms with E-state index in [1.807, 2.05) is 38.1 Å². The van der Waals surface area contributed by atoms with E-state index < -0.39 is 0 Å². The third kappa shape index (κ3) is 6.10. The van der Waals surface area contributed by atoms with E-state index in [9.17, 15) is 0 Å². The number of hydrogen-bond acceptors (Lipinski definition) is 7. The topological polar surface area (TPSA) is 100 Å². The summed E-state index contributed by atoms with van der Waals surface area (Å²) in [6.07, 6.45) is 1.64. The second kappa shape index (κ2) is 10.9. The van der Waals surface area contributed by atoms with Crippen LogP contribution in [0.2, 0.25) is 0 Å². The van der Waals surface area contributed by atoms with Crippen LogP contribution < -0.4 is 20.1 Å². The number of aryl methyl sites for hydroxylation is 2. The first-order valence-electron chi connectivity index (χ1n) is 11.9. The van der Waals surface area contributed by atoms with Gasteiger partial charge in [-0.05, 0) is 62.0 Å².